The summed E-state index contributed by atoms with van der Waals surface area (Å²) in [5, 5.41) is 13.1. The predicted molar refractivity (Wildman–Crippen MR) is 76.5 cm³/mol. The average Bonchev–Trinajstić information content (AvgIpc) is 2.32. The number of nitrogens with one attached hydrogen (secondary N) is 1. The highest BCUT2D eigenvalue weighted by Crippen LogP contribution is 2.32. The summed E-state index contributed by atoms with van der Waals surface area (Å²) in [4.78, 5) is 0. The molecule has 18 heavy (non-hydrogen) atoms. The van der Waals surface area contributed by atoms with E-state index in [4.69, 9.17) is 0 Å². The molecule has 2 aromatic carbocycles. The van der Waals surface area contributed by atoms with Gasteiger partial charge in [0.15, 0.2) is 0 Å². The number of phenolic OH excluding ortho intramolecular Hbond substituents is 1. The summed E-state index contributed by atoms with van der Waals surface area (Å²) in [5.74, 6) is 0.270. The molecule has 0 amide bonds. The van der Waals surface area contributed by atoms with E-state index in [0.29, 0.717) is 0 Å². The van der Waals surface area contributed by atoms with Gasteiger partial charge in [-0.3, -0.25) is 0 Å². The quantitative estimate of drug-likeness (QED) is 0.762. The fourth-order valence-corrected chi connectivity index (χ4v) is 1.78. The van der Waals surface area contributed by atoms with Gasteiger partial charge in [0.1, 0.15) is 5.75 Å². The van der Waals surface area contributed by atoms with Crippen LogP contribution in [0.4, 0.5) is 11.4 Å². The van der Waals surface area contributed by atoms with Gasteiger partial charge in [-0.1, -0.05) is 45.0 Å². The van der Waals surface area contributed by atoms with E-state index < -0.39 is 0 Å². The van der Waals surface area contributed by atoms with Gasteiger partial charge >= 0.3 is 0 Å². The molecule has 0 atom stereocenters. The Bertz CT molecular complexity index is 527. The Morgan fingerprint density at radius 3 is 2.22 bits per heavy atom. The van der Waals surface area contributed by atoms with Crippen LogP contribution < -0.4 is 5.32 Å². The van der Waals surface area contributed by atoms with E-state index in [9.17, 15) is 5.11 Å². The molecule has 2 rings (SSSR count). The normalized spacial score (nSPS) is 11.3. The Balaban J connectivity index is 2.33. The van der Waals surface area contributed by atoms with E-state index in [1.54, 1.807) is 6.07 Å². The van der Waals surface area contributed by atoms with Crippen LogP contribution in [0.15, 0.2) is 48.5 Å². The molecule has 0 fully saturated rings. The zero-order chi connectivity index (χ0) is 13.2. The van der Waals surface area contributed by atoms with Gasteiger partial charge in [0.2, 0.25) is 0 Å². The monoisotopic (exact) mass is 241 g/mol. The minimum Gasteiger partial charge on any atom is -0.506 e. The number of para-hydroxylation sites is 1. The molecule has 2 heteroatoms. The van der Waals surface area contributed by atoms with E-state index in [0.717, 1.165) is 11.4 Å². The van der Waals surface area contributed by atoms with Crippen LogP contribution in [0.25, 0.3) is 0 Å². The maximum atomic E-state index is 9.90. The van der Waals surface area contributed by atoms with Gasteiger partial charge in [0.05, 0.1) is 5.69 Å². The number of rotatable bonds is 2. The van der Waals surface area contributed by atoms with Crippen LogP contribution in [0.5, 0.6) is 5.75 Å². The Kier molecular flexibility index (Phi) is 3.28. The maximum absolute atomic E-state index is 9.90. The molecule has 0 saturated heterocycles. The van der Waals surface area contributed by atoms with E-state index >= 15 is 0 Å². The molecule has 0 heterocycles. The molecule has 0 aliphatic carbocycles. The predicted octanol–water partition coefficient (Wildman–Crippen LogP) is 4.43. The van der Waals surface area contributed by atoms with Crippen LogP contribution in [-0.4, -0.2) is 5.11 Å². The van der Waals surface area contributed by atoms with E-state index in [2.05, 4.69) is 26.1 Å². The second kappa shape index (κ2) is 4.73. The largest absolute Gasteiger partial charge is 0.506 e. The summed E-state index contributed by atoms with van der Waals surface area (Å²) < 4.78 is 0. The molecule has 94 valence electrons. The zero-order valence-electron chi connectivity index (χ0n) is 11.1. The van der Waals surface area contributed by atoms with Crippen molar-refractivity contribution in [2.24, 2.45) is 0 Å². The molecule has 0 bridgehead atoms. The van der Waals surface area contributed by atoms with Crippen LogP contribution in [0.2, 0.25) is 0 Å². The summed E-state index contributed by atoms with van der Waals surface area (Å²) in [6, 6.07) is 15.6. The second-order valence-electron chi connectivity index (χ2n) is 5.47. The lowest BCUT2D eigenvalue weighted by Crippen LogP contribution is -2.11. The Labute approximate surface area is 108 Å². The van der Waals surface area contributed by atoms with Crippen molar-refractivity contribution in [1.29, 1.82) is 0 Å². The van der Waals surface area contributed by atoms with Gasteiger partial charge < -0.3 is 10.4 Å². The maximum Gasteiger partial charge on any atom is 0.139 e. The molecule has 0 aromatic heterocycles. The molecule has 0 radical (unpaired) electrons. The third kappa shape index (κ3) is 2.83. The Hall–Kier alpha value is -1.96. The highest BCUT2D eigenvalue weighted by atomic mass is 16.3. The minimum atomic E-state index is 0.0703. The second-order valence-corrected chi connectivity index (χ2v) is 5.47. The van der Waals surface area contributed by atoms with Crippen molar-refractivity contribution in [3.63, 3.8) is 0 Å². The van der Waals surface area contributed by atoms with Crippen LogP contribution in [0.1, 0.15) is 26.3 Å². The van der Waals surface area contributed by atoms with E-state index in [1.807, 2.05) is 42.5 Å². The van der Waals surface area contributed by atoms with Gasteiger partial charge in [-0.05, 0) is 35.2 Å². The summed E-state index contributed by atoms with van der Waals surface area (Å²) in [5.41, 5.74) is 2.98. The summed E-state index contributed by atoms with van der Waals surface area (Å²) >= 11 is 0. The molecule has 0 unspecified atom stereocenters. The lowest BCUT2D eigenvalue weighted by atomic mass is 9.87. The average molecular weight is 241 g/mol. The summed E-state index contributed by atoms with van der Waals surface area (Å²) in [7, 11) is 0. The molecule has 2 nitrogen and oxygen atoms in total. The highest BCUT2D eigenvalue weighted by Gasteiger charge is 2.15. The molecule has 0 aliphatic heterocycles. The zero-order valence-corrected chi connectivity index (χ0v) is 11.1. The van der Waals surface area contributed by atoms with E-state index in [-0.39, 0.29) is 11.2 Å². The van der Waals surface area contributed by atoms with Crippen molar-refractivity contribution in [1.82, 2.24) is 0 Å². The van der Waals surface area contributed by atoms with Crippen molar-refractivity contribution in [2.75, 3.05) is 5.32 Å². The molecular formula is C16H19NO. The first-order valence-corrected chi connectivity index (χ1v) is 6.12. The number of hydrogen-bond acceptors (Lipinski definition) is 2. The number of hydrogen-bond donors (Lipinski definition) is 2. The molecule has 2 aromatic rings. The SMILES string of the molecule is CC(C)(C)c1ccc(O)c(Nc2ccccc2)c1. The lowest BCUT2D eigenvalue weighted by molar-refractivity contribution is 0.476. The van der Waals surface area contributed by atoms with Crippen molar-refractivity contribution in [3.8, 4) is 5.75 Å². The fraction of sp³-hybridized carbons (Fsp3) is 0.250. The summed E-state index contributed by atoms with van der Waals surface area (Å²) in [6.07, 6.45) is 0. The number of phenols is 1. The van der Waals surface area contributed by atoms with Crippen LogP contribution in [0.3, 0.4) is 0 Å². The molecule has 2 N–H and O–H groups in total. The highest BCUT2D eigenvalue weighted by molar-refractivity contribution is 5.66. The third-order valence-electron chi connectivity index (χ3n) is 2.92. The standard InChI is InChI=1S/C16H19NO/c1-16(2,3)12-9-10-15(18)14(11-12)17-13-7-5-4-6-8-13/h4-11,17-18H,1-3H3. The molecule has 0 saturated carbocycles. The minimum absolute atomic E-state index is 0.0703. The topological polar surface area (TPSA) is 32.3 Å². The van der Waals surface area contributed by atoms with Gasteiger partial charge in [-0.2, -0.15) is 0 Å². The first kappa shape index (κ1) is 12.5. The number of anilines is 2. The summed E-state index contributed by atoms with van der Waals surface area (Å²) in [6.45, 7) is 6.48. The van der Waals surface area contributed by atoms with Crippen LogP contribution in [-0.2, 0) is 5.41 Å². The van der Waals surface area contributed by atoms with Gasteiger partial charge in [0, 0.05) is 5.69 Å². The smallest absolute Gasteiger partial charge is 0.139 e. The van der Waals surface area contributed by atoms with E-state index in [1.165, 1.54) is 5.56 Å². The first-order valence-electron chi connectivity index (χ1n) is 6.12. The van der Waals surface area contributed by atoms with Gasteiger partial charge in [-0.25, -0.2) is 0 Å². The number of aromatic hydroxyl groups is 1. The number of benzene rings is 2. The Morgan fingerprint density at radius 1 is 0.944 bits per heavy atom. The molecule has 0 aliphatic rings. The van der Waals surface area contributed by atoms with Gasteiger partial charge in [-0.15, -0.1) is 0 Å². The van der Waals surface area contributed by atoms with Crippen molar-refractivity contribution >= 4 is 11.4 Å². The van der Waals surface area contributed by atoms with Crippen molar-refractivity contribution in [2.45, 2.75) is 26.2 Å². The van der Waals surface area contributed by atoms with Gasteiger partial charge in [0.25, 0.3) is 0 Å². The van der Waals surface area contributed by atoms with Crippen molar-refractivity contribution in [3.05, 3.63) is 54.1 Å². The lowest BCUT2D eigenvalue weighted by Gasteiger charge is -2.20. The molecule has 0 spiro atoms. The fourth-order valence-electron chi connectivity index (χ4n) is 1.78. The Morgan fingerprint density at radius 2 is 1.61 bits per heavy atom. The first-order chi connectivity index (χ1) is 8.47. The van der Waals surface area contributed by atoms with Crippen LogP contribution in [0, 0.1) is 0 Å². The molecular weight excluding hydrogens is 222 g/mol. The van der Waals surface area contributed by atoms with Crippen LogP contribution >= 0.6 is 0 Å². The van der Waals surface area contributed by atoms with Crippen molar-refractivity contribution < 1.29 is 5.11 Å². The third-order valence-corrected chi connectivity index (χ3v) is 2.92.